The van der Waals surface area contributed by atoms with E-state index in [1.807, 2.05) is 19.1 Å². The molecule has 6 nitrogen and oxygen atoms in total. The number of fused-ring (bicyclic) bond motifs is 1. The largest absolute Gasteiger partial charge is 0.354 e. The van der Waals surface area contributed by atoms with Crippen LogP contribution in [0.25, 0.3) is 10.9 Å². The smallest absolute Gasteiger partial charge is 0.261 e. The number of rotatable bonds is 6. The monoisotopic (exact) mass is 356 g/mol. The summed E-state index contributed by atoms with van der Waals surface area (Å²) in [6, 6.07) is 5.52. The van der Waals surface area contributed by atoms with Crippen LogP contribution in [0, 0.1) is 12.8 Å². The van der Waals surface area contributed by atoms with Gasteiger partial charge in [-0.1, -0.05) is 19.1 Å². The summed E-state index contributed by atoms with van der Waals surface area (Å²) in [5.74, 6) is 0.627. The summed E-state index contributed by atoms with van der Waals surface area (Å²) in [4.78, 5) is 31.5. The summed E-state index contributed by atoms with van der Waals surface area (Å²) in [7, 11) is 0. The average molecular weight is 356 g/mol. The molecule has 0 spiro atoms. The van der Waals surface area contributed by atoms with Crippen molar-refractivity contribution in [1.82, 2.24) is 19.8 Å². The molecule has 0 radical (unpaired) electrons. The molecule has 2 aromatic rings. The second-order valence-corrected chi connectivity index (χ2v) is 7.40. The maximum atomic E-state index is 12.5. The van der Waals surface area contributed by atoms with Crippen molar-refractivity contribution >= 4 is 16.8 Å². The molecule has 0 aliphatic carbocycles. The number of carbonyl (C=O) groups excluding carboxylic acids is 1. The highest BCUT2D eigenvalue weighted by Crippen LogP contribution is 2.15. The number of carbonyl (C=O) groups is 1. The Morgan fingerprint density at radius 3 is 3.04 bits per heavy atom. The molecule has 1 aromatic heterocycles. The van der Waals surface area contributed by atoms with Gasteiger partial charge < -0.3 is 10.2 Å². The second-order valence-electron chi connectivity index (χ2n) is 7.40. The molecule has 1 saturated heterocycles. The van der Waals surface area contributed by atoms with E-state index in [-0.39, 0.29) is 18.0 Å². The number of aryl methyl sites for hydroxylation is 1. The van der Waals surface area contributed by atoms with Crippen molar-refractivity contribution < 1.29 is 4.79 Å². The van der Waals surface area contributed by atoms with E-state index in [0.717, 1.165) is 37.5 Å². The Kier molecular flexibility index (Phi) is 6.04. The fourth-order valence-electron chi connectivity index (χ4n) is 3.68. The highest BCUT2D eigenvalue weighted by Gasteiger charge is 2.15. The van der Waals surface area contributed by atoms with Crippen LogP contribution in [-0.2, 0) is 11.3 Å². The first-order valence-electron chi connectivity index (χ1n) is 9.48. The molecular weight excluding hydrogens is 328 g/mol. The lowest BCUT2D eigenvalue weighted by atomic mass is 10.0. The SMILES string of the molecule is Cc1cccc2c(=O)n(CC(=O)NCCCN3CCCC(C)C3)cnc12. The van der Waals surface area contributed by atoms with Crippen LogP contribution < -0.4 is 10.9 Å². The Morgan fingerprint density at radius 2 is 2.23 bits per heavy atom. The molecule has 2 heterocycles. The minimum absolute atomic E-state index is 0.0104. The van der Waals surface area contributed by atoms with E-state index in [4.69, 9.17) is 0 Å². The van der Waals surface area contributed by atoms with E-state index < -0.39 is 0 Å². The van der Waals surface area contributed by atoms with E-state index in [1.165, 1.54) is 23.7 Å². The van der Waals surface area contributed by atoms with Crippen LogP contribution in [-0.4, -0.2) is 46.5 Å². The standard InChI is InChI=1S/C20H28N4O2/c1-15-6-4-10-23(12-15)11-5-9-21-18(25)13-24-14-22-19-16(2)7-3-8-17(19)20(24)26/h3,7-8,14-15H,4-6,9-13H2,1-2H3,(H,21,25). The molecule has 1 amide bonds. The van der Waals surface area contributed by atoms with Crippen molar-refractivity contribution in [3.63, 3.8) is 0 Å². The molecule has 1 fully saturated rings. The van der Waals surface area contributed by atoms with Crippen LogP contribution in [0.2, 0.25) is 0 Å². The number of nitrogens with zero attached hydrogens (tertiary/aromatic N) is 3. The van der Waals surface area contributed by atoms with Gasteiger partial charge in [-0.3, -0.25) is 14.2 Å². The maximum Gasteiger partial charge on any atom is 0.261 e. The normalized spacial score (nSPS) is 18.2. The lowest BCUT2D eigenvalue weighted by Crippen LogP contribution is -2.37. The quantitative estimate of drug-likeness (QED) is 0.804. The summed E-state index contributed by atoms with van der Waals surface area (Å²) >= 11 is 0. The van der Waals surface area contributed by atoms with Gasteiger partial charge in [0.15, 0.2) is 0 Å². The van der Waals surface area contributed by atoms with Gasteiger partial charge in [-0.25, -0.2) is 4.98 Å². The third-order valence-electron chi connectivity index (χ3n) is 5.08. The first-order valence-corrected chi connectivity index (χ1v) is 9.48. The van der Waals surface area contributed by atoms with E-state index in [2.05, 4.69) is 22.1 Å². The zero-order chi connectivity index (χ0) is 18.5. The number of benzene rings is 1. The molecule has 1 atom stereocenters. The van der Waals surface area contributed by atoms with E-state index in [0.29, 0.717) is 17.4 Å². The van der Waals surface area contributed by atoms with Gasteiger partial charge in [-0.2, -0.15) is 0 Å². The summed E-state index contributed by atoms with van der Waals surface area (Å²) in [6.07, 6.45) is 4.99. The summed E-state index contributed by atoms with van der Waals surface area (Å²) in [6.45, 7) is 8.21. The van der Waals surface area contributed by atoms with Crippen molar-refractivity contribution in [3.8, 4) is 0 Å². The molecule has 140 valence electrons. The van der Waals surface area contributed by atoms with Crippen LogP contribution in [0.4, 0.5) is 0 Å². The lowest BCUT2D eigenvalue weighted by Gasteiger charge is -2.30. The lowest BCUT2D eigenvalue weighted by molar-refractivity contribution is -0.121. The number of likely N-dealkylation sites (tertiary alicyclic amines) is 1. The van der Waals surface area contributed by atoms with Gasteiger partial charge >= 0.3 is 0 Å². The number of aromatic nitrogens is 2. The zero-order valence-corrected chi connectivity index (χ0v) is 15.7. The van der Waals surface area contributed by atoms with Gasteiger partial charge in [0.25, 0.3) is 5.56 Å². The molecule has 1 aliphatic rings. The number of piperidine rings is 1. The van der Waals surface area contributed by atoms with Crippen LogP contribution in [0.15, 0.2) is 29.3 Å². The van der Waals surface area contributed by atoms with Gasteiger partial charge in [-0.05, 0) is 56.8 Å². The van der Waals surface area contributed by atoms with Crippen LogP contribution in [0.5, 0.6) is 0 Å². The highest BCUT2D eigenvalue weighted by atomic mass is 16.2. The van der Waals surface area contributed by atoms with Crippen molar-refractivity contribution in [1.29, 1.82) is 0 Å². The first-order chi connectivity index (χ1) is 12.5. The number of amides is 1. The molecule has 1 aromatic carbocycles. The maximum absolute atomic E-state index is 12.5. The van der Waals surface area contributed by atoms with Gasteiger partial charge in [0.1, 0.15) is 6.54 Å². The number of nitrogens with one attached hydrogen (secondary N) is 1. The minimum atomic E-state index is -0.170. The third kappa shape index (κ3) is 4.49. The number of hydrogen-bond acceptors (Lipinski definition) is 4. The van der Waals surface area contributed by atoms with Crippen LogP contribution in [0.3, 0.4) is 0 Å². The van der Waals surface area contributed by atoms with Crippen LogP contribution >= 0.6 is 0 Å². The third-order valence-corrected chi connectivity index (χ3v) is 5.08. The van der Waals surface area contributed by atoms with Gasteiger partial charge in [0.05, 0.1) is 17.2 Å². The van der Waals surface area contributed by atoms with E-state index >= 15 is 0 Å². The zero-order valence-electron chi connectivity index (χ0n) is 15.7. The van der Waals surface area contributed by atoms with Crippen molar-refractivity contribution in [2.24, 2.45) is 5.92 Å². The molecule has 0 saturated carbocycles. The van der Waals surface area contributed by atoms with E-state index in [1.54, 1.807) is 6.07 Å². The van der Waals surface area contributed by atoms with Gasteiger partial charge in [0.2, 0.25) is 5.91 Å². The first kappa shape index (κ1) is 18.6. The second kappa shape index (κ2) is 8.45. The summed E-state index contributed by atoms with van der Waals surface area (Å²) < 4.78 is 1.38. The van der Waals surface area contributed by atoms with Crippen LogP contribution in [0.1, 0.15) is 31.7 Å². The summed E-state index contributed by atoms with van der Waals surface area (Å²) in [5.41, 5.74) is 1.49. The molecule has 0 bridgehead atoms. The molecular formula is C20H28N4O2. The molecule has 6 heteroatoms. The fraction of sp³-hybridized carbons (Fsp3) is 0.550. The molecule has 1 unspecified atom stereocenters. The molecule has 3 rings (SSSR count). The molecule has 1 aliphatic heterocycles. The Bertz CT molecular complexity index is 830. The average Bonchev–Trinajstić information content (AvgIpc) is 2.62. The van der Waals surface area contributed by atoms with Crippen molar-refractivity contribution in [2.45, 2.75) is 39.7 Å². The number of hydrogen-bond donors (Lipinski definition) is 1. The Morgan fingerprint density at radius 1 is 1.38 bits per heavy atom. The fourth-order valence-corrected chi connectivity index (χ4v) is 3.68. The summed E-state index contributed by atoms with van der Waals surface area (Å²) in [5, 5.41) is 3.47. The molecule has 26 heavy (non-hydrogen) atoms. The predicted molar refractivity (Wildman–Crippen MR) is 103 cm³/mol. The van der Waals surface area contributed by atoms with Crippen molar-refractivity contribution in [3.05, 3.63) is 40.4 Å². The predicted octanol–water partition coefficient (Wildman–Crippen LogP) is 1.94. The van der Waals surface area contributed by atoms with Gasteiger partial charge in [-0.15, -0.1) is 0 Å². The number of para-hydroxylation sites is 1. The van der Waals surface area contributed by atoms with Gasteiger partial charge in [0, 0.05) is 13.1 Å². The Labute approximate surface area is 154 Å². The molecule has 1 N–H and O–H groups in total. The topological polar surface area (TPSA) is 67.2 Å². The van der Waals surface area contributed by atoms with Crippen molar-refractivity contribution in [2.75, 3.05) is 26.2 Å². The highest BCUT2D eigenvalue weighted by molar-refractivity contribution is 5.81. The van der Waals surface area contributed by atoms with E-state index in [9.17, 15) is 9.59 Å². The Hall–Kier alpha value is -2.21. The minimum Gasteiger partial charge on any atom is -0.354 e. The Balaban J connectivity index is 1.50.